The third-order valence-corrected chi connectivity index (χ3v) is 2.59. The lowest BCUT2D eigenvalue weighted by Gasteiger charge is -2.29. The minimum absolute atomic E-state index is 0.198. The van der Waals surface area contributed by atoms with Crippen molar-refractivity contribution in [2.24, 2.45) is 0 Å². The summed E-state index contributed by atoms with van der Waals surface area (Å²) in [4.78, 5) is 11.2. The summed E-state index contributed by atoms with van der Waals surface area (Å²) in [5.74, 6) is 0.616. The summed E-state index contributed by atoms with van der Waals surface area (Å²) in [5.41, 5.74) is 0. The molecule has 1 aromatic heterocycles. The van der Waals surface area contributed by atoms with Crippen LogP contribution in [0.3, 0.4) is 0 Å². The Morgan fingerprint density at radius 1 is 1.40 bits per heavy atom. The average Bonchev–Trinajstić information content (AvgIpc) is 2.62. The fraction of sp³-hybridized carbons (Fsp3) is 0.545. The molecule has 0 saturated carbocycles. The largest absolute Gasteiger partial charge is 0.463 e. The van der Waals surface area contributed by atoms with Crippen molar-refractivity contribution in [1.82, 2.24) is 0 Å². The number of hydrogen-bond donors (Lipinski definition) is 0. The first-order chi connectivity index (χ1) is 6.86. The van der Waals surface area contributed by atoms with Crippen LogP contribution in [0.4, 0.5) is 0 Å². The van der Waals surface area contributed by atoms with Gasteiger partial charge in [0.25, 0.3) is 0 Å². The fourth-order valence-corrected chi connectivity index (χ4v) is 1.17. The van der Waals surface area contributed by atoms with Gasteiger partial charge in [-0.1, -0.05) is 0 Å². The lowest BCUT2D eigenvalue weighted by molar-refractivity contribution is -0.901. The zero-order chi connectivity index (χ0) is 11.6. The summed E-state index contributed by atoms with van der Waals surface area (Å²) in [6.07, 6.45) is 0. The molecule has 0 aromatic carbocycles. The van der Waals surface area contributed by atoms with E-state index in [0.717, 1.165) is 10.2 Å². The maximum Gasteiger partial charge on any atom is 0.373 e. The van der Waals surface area contributed by atoms with Crippen LogP contribution in [0.2, 0.25) is 0 Å². The van der Waals surface area contributed by atoms with Gasteiger partial charge in [-0.3, -0.25) is 0 Å². The average molecular weight is 212 g/mol. The highest BCUT2D eigenvalue weighted by Crippen LogP contribution is 2.24. The molecule has 15 heavy (non-hydrogen) atoms. The van der Waals surface area contributed by atoms with Gasteiger partial charge < -0.3 is 13.6 Å². The predicted molar refractivity (Wildman–Crippen MR) is 56.5 cm³/mol. The van der Waals surface area contributed by atoms with Crippen LogP contribution in [0.1, 0.15) is 29.3 Å². The Morgan fingerprint density at radius 2 is 2.00 bits per heavy atom. The number of quaternary nitrogens is 1. The van der Waals surface area contributed by atoms with Gasteiger partial charge in [-0.05, 0) is 19.1 Å². The highest BCUT2D eigenvalue weighted by Gasteiger charge is 2.24. The first-order valence-electron chi connectivity index (χ1n) is 4.85. The van der Waals surface area contributed by atoms with E-state index < -0.39 is 5.97 Å². The summed E-state index contributed by atoms with van der Waals surface area (Å²) in [7, 11) is 7.56. The van der Waals surface area contributed by atoms with Gasteiger partial charge in [0, 0.05) is 0 Å². The molecule has 0 bridgehead atoms. The van der Waals surface area contributed by atoms with E-state index in [9.17, 15) is 4.79 Å². The normalized spacial score (nSPS) is 13.7. The monoisotopic (exact) mass is 212 g/mol. The van der Waals surface area contributed by atoms with Crippen molar-refractivity contribution in [3.05, 3.63) is 23.7 Å². The van der Waals surface area contributed by atoms with Gasteiger partial charge in [0.1, 0.15) is 6.04 Å². The molecule has 0 aliphatic carbocycles. The number of carbonyl (C=O) groups is 1. The minimum atomic E-state index is -0.435. The number of ether oxygens (including phenoxy) is 1. The lowest BCUT2D eigenvalue weighted by atomic mass is 10.2. The maximum absolute atomic E-state index is 11.2. The topological polar surface area (TPSA) is 39.4 Å². The Balaban J connectivity index is 2.89. The van der Waals surface area contributed by atoms with E-state index >= 15 is 0 Å². The van der Waals surface area contributed by atoms with Crippen molar-refractivity contribution in [2.45, 2.75) is 13.0 Å². The first kappa shape index (κ1) is 11.8. The Bertz CT molecular complexity index is 349. The van der Waals surface area contributed by atoms with Crippen LogP contribution in [0.15, 0.2) is 16.5 Å². The van der Waals surface area contributed by atoms with Gasteiger partial charge in [-0.2, -0.15) is 0 Å². The molecule has 0 aliphatic heterocycles. The molecule has 0 amide bonds. The van der Waals surface area contributed by atoms with Crippen LogP contribution in [0.25, 0.3) is 0 Å². The molecule has 0 unspecified atom stereocenters. The fourth-order valence-electron chi connectivity index (χ4n) is 1.17. The van der Waals surface area contributed by atoms with Crippen molar-refractivity contribution in [3.8, 4) is 0 Å². The van der Waals surface area contributed by atoms with E-state index in [1.54, 1.807) is 6.07 Å². The maximum atomic E-state index is 11.2. The number of furan rings is 1. The highest BCUT2D eigenvalue weighted by molar-refractivity contribution is 5.86. The SMILES string of the molecule is COC(=O)c1ccc([C@@H](C)[N+](C)(C)C)o1. The molecule has 0 fully saturated rings. The molecule has 0 spiro atoms. The second-order valence-electron chi connectivity index (χ2n) is 4.49. The predicted octanol–water partition coefficient (Wildman–Crippen LogP) is 1.83. The molecule has 4 nitrogen and oxygen atoms in total. The standard InChI is InChI=1S/C11H18NO3/c1-8(12(2,3)4)9-6-7-10(15-9)11(13)14-5/h6-8H,1-5H3/q+1/t8-/m1/s1. The van der Waals surface area contributed by atoms with E-state index in [1.165, 1.54) is 7.11 Å². The van der Waals surface area contributed by atoms with Crippen LogP contribution in [-0.2, 0) is 4.74 Å². The van der Waals surface area contributed by atoms with E-state index in [-0.39, 0.29) is 11.8 Å². The highest BCUT2D eigenvalue weighted by atomic mass is 16.5. The zero-order valence-corrected chi connectivity index (χ0v) is 9.90. The van der Waals surface area contributed by atoms with Crippen LogP contribution in [-0.4, -0.2) is 38.7 Å². The van der Waals surface area contributed by atoms with E-state index in [1.807, 2.05) is 6.07 Å². The van der Waals surface area contributed by atoms with Crippen molar-refractivity contribution in [3.63, 3.8) is 0 Å². The molecule has 1 heterocycles. The molecular weight excluding hydrogens is 194 g/mol. The van der Waals surface area contributed by atoms with E-state index in [0.29, 0.717) is 0 Å². The number of nitrogens with zero attached hydrogens (tertiary/aromatic N) is 1. The van der Waals surface area contributed by atoms with Gasteiger partial charge in [-0.15, -0.1) is 0 Å². The number of rotatable bonds is 3. The quantitative estimate of drug-likeness (QED) is 0.567. The molecule has 0 saturated heterocycles. The van der Waals surface area contributed by atoms with E-state index in [4.69, 9.17) is 4.42 Å². The second-order valence-corrected chi connectivity index (χ2v) is 4.49. The number of carbonyl (C=O) groups excluding carboxylic acids is 1. The van der Waals surface area contributed by atoms with Gasteiger partial charge >= 0.3 is 5.97 Å². The van der Waals surface area contributed by atoms with Crippen molar-refractivity contribution in [2.75, 3.05) is 28.3 Å². The Labute approximate surface area is 90.0 Å². The van der Waals surface area contributed by atoms with Crippen LogP contribution in [0, 0.1) is 0 Å². The molecule has 1 aromatic rings. The smallest absolute Gasteiger partial charge is 0.373 e. The van der Waals surface area contributed by atoms with Crippen molar-refractivity contribution < 1.29 is 18.4 Å². The molecule has 0 radical (unpaired) electrons. The van der Waals surface area contributed by atoms with Crippen LogP contribution < -0.4 is 0 Å². The van der Waals surface area contributed by atoms with Gasteiger partial charge in [0.15, 0.2) is 5.76 Å². The van der Waals surface area contributed by atoms with Gasteiger partial charge in [-0.25, -0.2) is 4.79 Å². The summed E-state index contributed by atoms with van der Waals surface area (Å²) < 4.78 is 10.8. The van der Waals surface area contributed by atoms with Crippen molar-refractivity contribution in [1.29, 1.82) is 0 Å². The Morgan fingerprint density at radius 3 is 2.47 bits per heavy atom. The third-order valence-electron chi connectivity index (χ3n) is 2.59. The number of methoxy groups -OCH3 is 1. The van der Waals surface area contributed by atoms with Gasteiger partial charge in [0.05, 0.1) is 28.3 Å². The molecule has 0 aliphatic rings. The molecule has 1 rings (SSSR count). The summed E-state index contributed by atoms with van der Waals surface area (Å²) in [6.45, 7) is 2.06. The van der Waals surface area contributed by atoms with Crippen LogP contribution in [0.5, 0.6) is 0 Å². The summed E-state index contributed by atoms with van der Waals surface area (Å²) in [6, 6.07) is 3.66. The lowest BCUT2D eigenvalue weighted by Crippen LogP contribution is -2.36. The van der Waals surface area contributed by atoms with E-state index in [2.05, 4.69) is 32.8 Å². The Kier molecular flexibility index (Phi) is 3.19. The van der Waals surface area contributed by atoms with Crippen LogP contribution >= 0.6 is 0 Å². The minimum Gasteiger partial charge on any atom is -0.463 e. The Hall–Kier alpha value is -1.29. The zero-order valence-electron chi connectivity index (χ0n) is 9.90. The molecule has 84 valence electrons. The second kappa shape index (κ2) is 4.06. The third kappa shape index (κ3) is 2.59. The van der Waals surface area contributed by atoms with Crippen molar-refractivity contribution >= 4 is 5.97 Å². The number of esters is 1. The summed E-state index contributed by atoms with van der Waals surface area (Å²) in [5, 5.41) is 0. The molecule has 1 atom stereocenters. The van der Waals surface area contributed by atoms with Gasteiger partial charge in [0.2, 0.25) is 5.76 Å². The number of hydrogen-bond acceptors (Lipinski definition) is 3. The summed E-state index contributed by atoms with van der Waals surface area (Å²) >= 11 is 0. The first-order valence-corrected chi connectivity index (χ1v) is 4.85. The molecular formula is C11H18NO3+. The molecule has 0 N–H and O–H groups in total. The molecule has 4 heteroatoms.